The van der Waals surface area contributed by atoms with E-state index in [1.807, 2.05) is 27.9 Å². The molecule has 4 heteroatoms. The van der Waals surface area contributed by atoms with Crippen LogP contribution < -0.4 is 11.1 Å². The minimum atomic E-state index is 0.112. The Bertz CT molecular complexity index is 195. The summed E-state index contributed by atoms with van der Waals surface area (Å²) in [6.45, 7) is 5.62. The largest absolute Gasteiger partial charge is 0.344 e. The van der Waals surface area contributed by atoms with E-state index in [1.54, 1.807) is 4.90 Å². The van der Waals surface area contributed by atoms with E-state index in [1.165, 1.54) is 0 Å². The van der Waals surface area contributed by atoms with E-state index < -0.39 is 0 Å². The number of amides is 1. The Morgan fingerprint density at radius 3 is 2.50 bits per heavy atom. The minimum absolute atomic E-state index is 0.112. The first-order chi connectivity index (χ1) is 7.49. The summed E-state index contributed by atoms with van der Waals surface area (Å²) >= 11 is 0. The van der Waals surface area contributed by atoms with Crippen LogP contribution in [0.4, 0.5) is 0 Å². The quantitative estimate of drug-likeness (QED) is 0.648. The normalized spacial score (nSPS) is 14.6. The topological polar surface area (TPSA) is 58.4 Å². The van der Waals surface area contributed by atoms with Crippen LogP contribution in [-0.4, -0.2) is 44.0 Å². The lowest BCUT2D eigenvalue weighted by Crippen LogP contribution is -2.36. The molecule has 0 aliphatic rings. The molecule has 4 nitrogen and oxygen atoms in total. The van der Waals surface area contributed by atoms with Crippen LogP contribution in [0, 0.1) is 5.92 Å². The molecular formula is C12H27N3O. The zero-order valence-electron chi connectivity index (χ0n) is 11.1. The van der Waals surface area contributed by atoms with Gasteiger partial charge in [-0.3, -0.25) is 4.79 Å². The maximum absolute atomic E-state index is 11.9. The summed E-state index contributed by atoms with van der Waals surface area (Å²) in [5.41, 5.74) is 5.68. The van der Waals surface area contributed by atoms with Crippen molar-refractivity contribution in [3.63, 3.8) is 0 Å². The van der Waals surface area contributed by atoms with Crippen molar-refractivity contribution in [2.75, 3.05) is 27.2 Å². The summed E-state index contributed by atoms with van der Waals surface area (Å²) in [6.07, 6.45) is 2.96. The number of hydrogen-bond acceptors (Lipinski definition) is 3. The van der Waals surface area contributed by atoms with Crippen LogP contribution in [0.5, 0.6) is 0 Å². The Hall–Kier alpha value is -0.610. The molecule has 2 atom stereocenters. The van der Waals surface area contributed by atoms with Crippen molar-refractivity contribution in [2.45, 2.75) is 39.2 Å². The molecule has 0 rings (SSSR count). The van der Waals surface area contributed by atoms with Crippen LogP contribution in [0.3, 0.4) is 0 Å². The molecule has 0 fully saturated rings. The van der Waals surface area contributed by atoms with Crippen molar-refractivity contribution in [1.29, 1.82) is 0 Å². The molecule has 0 aromatic heterocycles. The number of hydrogen-bond donors (Lipinski definition) is 2. The van der Waals surface area contributed by atoms with Gasteiger partial charge in [-0.05, 0) is 26.8 Å². The first-order valence-electron chi connectivity index (χ1n) is 6.14. The van der Waals surface area contributed by atoms with Crippen molar-refractivity contribution in [1.82, 2.24) is 10.2 Å². The van der Waals surface area contributed by atoms with Crippen molar-refractivity contribution < 1.29 is 4.79 Å². The highest BCUT2D eigenvalue weighted by molar-refractivity contribution is 5.78. The minimum Gasteiger partial charge on any atom is -0.344 e. The van der Waals surface area contributed by atoms with Gasteiger partial charge in [0, 0.05) is 32.1 Å². The van der Waals surface area contributed by atoms with Gasteiger partial charge in [0.15, 0.2) is 0 Å². The molecule has 0 bridgehead atoms. The average molecular weight is 229 g/mol. The second-order valence-electron chi connectivity index (χ2n) is 4.67. The predicted molar refractivity (Wildman–Crippen MR) is 68.2 cm³/mol. The molecular weight excluding hydrogens is 202 g/mol. The zero-order valence-corrected chi connectivity index (χ0v) is 11.1. The standard InChI is InChI=1S/C12H27N3O/c1-10(6-5-7-11(2)13)12(16)15(4)9-8-14-3/h10-11,14H,5-9,13H2,1-4H3. The number of rotatable bonds is 8. The molecule has 0 spiro atoms. The number of nitrogens with zero attached hydrogens (tertiary/aromatic N) is 1. The molecule has 0 saturated carbocycles. The van der Waals surface area contributed by atoms with Crippen LogP contribution in [0.15, 0.2) is 0 Å². The van der Waals surface area contributed by atoms with Crippen LogP contribution in [0.1, 0.15) is 33.1 Å². The van der Waals surface area contributed by atoms with Crippen LogP contribution >= 0.6 is 0 Å². The average Bonchev–Trinajstić information content (AvgIpc) is 2.24. The van der Waals surface area contributed by atoms with Crippen LogP contribution in [-0.2, 0) is 4.79 Å². The summed E-state index contributed by atoms with van der Waals surface area (Å²) in [6, 6.07) is 0.240. The van der Waals surface area contributed by atoms with Gasteiger partial charge in [0.1, 0.15) is 0 Å². The van der Waals surface area contributed by atoms with Crippen molar-refractivity contribution >= 4 is 5.91 Å². The lowest BCUT2D eigenvalue weighted by molar-refractivity contribution is -0.133. The fourth-order valence-electron chi connectivity index (χ4n) is 1.64. The molecule has 0 aromatic rings. The van der Waals surface area contributed by atoms with Crippen LogP contribution in [0.2, 0.25) is 0 Å². The lowest BCUT2D eigenvalue weighted by atomic mass is 10.0. The summed E-state index contributed by atoms with van der Waals surface area (Å²) < 4.78 is 0. The van der Waals surface area contributed by atoms with Gasteiger partial charge in [-0.25, -0.2) is 0 Å². The lowest BCUT2D eigenvalue weighted by Gasteiger charge is -2.21. The molecule has 0 aliphatic carbocycles. The fraction of sp³-hybridized carbons (Fsp3) is 0.917. The number of carbonyl (C=O) groups is 1. The van der Waals surface area contributed by atoms with Gasteiger partial charge >= 0.3 is 0 Å². The third-order valence-electron chi connectivity index (χ3n) is 2.79. The van der Waals surface area contributed by atoms with Crippen molar-refractivity contribution in [2.24, 2.45) is 11.7 Å². The second kappa shape index (κ2) is 8.53. The van der Waals surface area contributed by atoms with E-state index in [4.69, 9.17) is 5.73 Å². The maximum atomic E-state index is 11.9. The van der Waals surface area contributed by atoms with Crippen molar-refractivity contribution in [3.05, 3.63) is 0 Å². The first-order valence-corrected chi connectivity index (χ1v) is 6.14. The van der Waals surface area contributed by atoms with Gasteiger partial charge in [0.2, 0.25) is 5.91 Å². The number of nitrogens with two attached hydrogens (primary N) is 1. The summed E-state index contributed by atoms with van der Waals surface area (Å²) in [4.78, 5) is 13.7. The third kappa shape index (κ3) is 6.80. The molecule has 0 aromatic carbocycles. The molecule has 3 N–H and O–H groups in total. The van der Waals surface area contributed by atoms with E-state index in [2.05, 4.69) is 5.32 Å². The SMILES string of the molecule is CNCCN(C)C(=O)C(C)CCCC(C)N. The molecule has 16 heavy (non-hydrogen) atoms. The van der Waals surface area contributed by atoms with E-state index >= 15 is 0 Å². The highest BCUT2D eigenvalue weighted by Crippen LogP contribution is 2.11. The van der Waals surface area contributed by atoms with E-state index in [0.717, 1.165) is 32.4 Å². The summed E-state index contributed by atoms with van der Waals surface area (Å²) in [7, 11) is 3.76. The van der Waals surface area contributed by atoms with E-state index in [0.29, 0.717) is 0 Å². The Balaban J connectivity index is 3.79. The number of nitrogens with one attached hydrogen (secondary N) is 1. The number of carbonyl (C=O) groups excluding carboxylic acids is 1. The van der Waals surface area contributed by atoms with E-state index in [-0.39, 0.29) is 17.9 Å². The highest BCUT2D eigenvalue weighted by Gasteiger charge is 2.16. The highest BCUT2D eigenvalue weighted by atomic mass is 16.2. The fourth-order valence-corrected chi connectivity index (χ4v) is 1.64. The van der Waals surface area contributed by atoms with Gasteiger partial charge in [-0.1, -0.05) is 13.3 Å². The Kier molecular flexibility index (Phi) is 8.21. The Morgan fingerprint density at radius 2 is 2.00 bits per heavy atom. The molecule has 0 heterocycles. The predicted octanol–water partition coefficient (Wildman–Crippen LogP) is 0.818. The van der Waals surface area contributed by atoms with Gasteiger partial charge in [-0.15, -0.1) is 0 Å². The molecule has 0 saturated heterocycles. The summed E-state index contributed by atoms with van der Waals surface area (Å²) in [5.74, 6) is 0.348. The maximum Gasteiger partial charge on any atom is 0.225 e. The van der Waals surface area contributed by atoms with Gasteiger partial charge < -0.3 is 16.0 Å². The Morgan fingerprint density at radius 1 is 1.38 bits per heavy atom. The second-order valence-corrected chi connectivity index (χ2v) is 4.67. The monoisotopic (exact) mass is 229 g/mol. The van der Waals surface area contributed by atoms with Crippen molar-refractivity contribution in [3.8, 4) is 0 Å². The zero-order chi connectivity index (χ0) is 12.6. The Labute approximate surface area is 99.6 Å². The molecule has 0 radical (unpaired) electrons. The first kappa shape index (κ1) is 15.4. The summed E-state index contributed by atoms with van der Waals surface area (Å²) in [5, 5.41) is 3.04. The smallest absolute Gasteiger partial charge is 0.225 e. The molecule has 1 amide bonds. The third-order valence-corrected chi connectivity index (χ3v) is 2.79. The van der Waals surface area contributed by atoms with Gasteiger partial charge in [-0.2, -0.15) is 0 Å². The van der Waals surface area contributed by atoms with Gasteiger partial charge in [0.25, 0.3) is 0 Å². The molecule has 2 unspecified atom stereocenters. The molecule has 96 valence electrons. The van der Waals surface area contributed by atoms with E-state index in [9.17, 15) is 4.79 Å². The van der Waals surface area contributed by atoms with Gasteiger partial charge in [0.05, 0.1) is 0 Å². The molecule has 0 aliphatic heterocycles. The number of likely N-dealkylation sites (N-methyl/N-ethyl adjacent to an activating group) is 2. The van der Waals surface area contributed by atoms with Crippen LogP contribution in [0.25, 0.3) is 0 Å².